The van der Waals surface area contributed by atoms with E-state index in [1.165, 1.54) is 6.42 Å². The van der Waals surface area contributed by atoms with Crippen LogP contribution in [0.2, 0.25) is 0 Å². The monoisotopic (exact) mass is 179 g/mol. The molecule has 0 bridgehead atoms. The summed E-state index contributed by atoms with van der Waals surface area (Å²) in [7, 11) is 0. The summed E-state index contributed by atoms with van der Waals surface area (Å²) in [6, 6.07) is 3.84. The zero-order valence-corrected chi connectivity index (χ0v) is 8.03. The number of pyridine rings is 1. The third-order valence-electron chi connectivity index (χ3n) is 2.11. The summed E-state index contributed by atoms with van der Waals surface area (Å²) in [6.07, 6.45) is 5.11. The molecule has 0 saturated heterocycles. The summed E-state index contributed by atoms with van der Waals surface area (Å²) in [4.78, 5) is 4.01. The van der Waals surface area contributed by atoms with Crippen molar-refractivity contribution >= 4 is 5.82 Å². The van der Waals surface area contributed by atoms with Gasteiger partial charge in [0.05, 0.1) is 0 Å². The number of hydrogen-bond donors (Lipinski definition) is 2. The summed E-state index contributed by atoms with van der Waals surface area (Å²) in [6.45, 7) is 2.16. The SMILES string of the molecule is CCCCC(N)c1ccc(N)nc1. The standard InChI is InChI=1S/C10H17N3/c1-2-3-4-9(11)8-5-6-10(12)13-7-8/h5-7,9H,2-4,11H2,1H3,(H2,12,13). The van der Waals surface area contributed by atoms with E-state index >= 15 is 0 Å². The van der Waals surface area contributed by atoms with Crippen molar-refractivity contribution in [2.75, 3.05) is 5.73 Å². The molecule has 0 spiro atoms. The molecule has 0 aromatic carbocycles. The molecule has 1 atom stereocenters. The van der Waals surface area contributed by atoms with Crippen LogP contribution in [0.25, 0.3) is 0 Å². The summed E-state index contributed by atoms with van der Waals surface area (Å²) in [5, 5.41) is 0. The van der Waals surface area contributed by atoms with Crippen molar-refractivity contribution in [2.24, 2.45) is 5.73 Å². The Labute approximate surface area is 79.2 Å². The lowest BCUT2D eigenvalue weighted by molar-refractivity contribution is 0.602. The van der Waals surface area contributed by atoms with Crippen molar-refractivity contribution in [1.29, 1.82) is 0 Å². The number of anilines is 1. The van der Waals surface area contributed by atoms with Crippen LogP contribution in [-0.2, 0) is 0 Å². The zero-order chi connectivity index (χ0) is 9.68. The second kappa shape index (κ2) is 4.82. The van der Waals surface area contributed by atoms with Gasteiger partial charge in [-0.1, -0.05) is 25.8 Å². The Morgan fingerprint density at radius 1 is 1.46 bits per heavy atom. The van der Waals surface area contributed by atoms with Gasteiger partial charge in [-0.2, -0.15) is 0 Å². The van der Waals surface area contributed by atoms with Gasteiger partial charge >= 0.3 is 0 Å². The van der Waals surface area contributed by atoms with Gasteiger partial charge in [0.25, 0.3) is 0 Å². The van der Waals surface area contributed by atoms with Crippen LogP contribution in [0.4, 0.5) is 5.82 Å². The normalized spacial score (nSPS) is 12.8. The highest BCUT2D eigenvalue weighted by molar-refractivity contribution is 5.30. The van der Waals surface area contributed by atoms with Crippen molar-refractivity contribution in [3.8, 4) is 0 Å². The van der Waals surface area contributed by atoms with Crippen LogP contribution < -0.4 is 11.5 Å². The number of hydrogen-bond acceptors (Lipinski definition) is 3. The lowest BCUT2D eigenvalue weighted by Gasteiger charge is -2.10. The summed E-state index contributed by atoms with van der Waals surface area (Å²) in [5.41, 5.74) is 12.5. The molecular formula is C10H17N3. The molecule has 3 nitrogen and oxygen atoms in total. The van der Waals surface area contributed by atoms with E-state index < -0.39 is 0 Å². The largest absolute Gasteiger partial charge is 0.384 e. The molecule has 0 aliphatic heterocycles. The highest BCUT2D eigenvalue weighted by Gasteiger charge is 2.04. The lowest BCUT2D eigenvalue weighted by atomic mass is 10.0. The predicted octanol–water partition coefficient (Wildman–Crippen LogP) is 1.85. The van der Waals surface area contributed by atoms with Gasteiger partial charge in [0.2, 0.25) is 0 Å². The topological polar surface area (TPSA) is 64.9 Å². The van der Waals surface area contributed by atoms with Crippen molar-refractivity contribution < 1.29 is 0 Å². The first-order chi connectivity index (χ1) is 6.24. The fourth-order valence-corrected chi connectivity index (χ4v) is 1.23. The van der Waals surface area contributed by atoms with Crippen molar-refractivity contribution in [2.45, 2.75) is 32.2 Å². The molecule has 13 heavy (non-hydrogen) atoms. The predicted molar refractivity (Wildman–Crippen MR) is 55.1 cm³/mol. The highest BCUT2D eigenvalue weighted by atomic mass is 14.8. The van der Waals surface area contributed by atoms with E-state index in [2.05, 4.69) is 11.9 Å². The number of nitrogens with two attached hydrogens (primary N) is 2. The Morgan fingerprint density at radius 3 is 2.77 bits per heavy atom. The van der Waals surface area contributed by atoms with Crippen molar-refractivity contribution in [3.05, 3.63) is 23.9 Å². The first-order valence-electron chi connectivity index (χ1n) is 4.71. The smallest absolute Gasteiger partial charge is 0.123 e. The third-order valence-corrected chi connectivity index (χ3v) is 2.11. The van der Waals surface area contributed by atoms with E-state index in [4.69, 9.17) is 11.5 Å². The molecule has 1 heterocycles. The molecule has 1 rings (SSSR count). The van der Waals surface area contributed by atoms with E-state index in [0.29, 0.717) is 5.82 Å². The van der Waals surface area contributed by atoms with Crippen LogP contribution in [0.3, 0.4) is 0 Å². The van der Waals surface area contributed by atoms with Crippen LogP contribution >= 0.6 is 0 Å². The summed E-state index contributed by atoms with van der Waals surface area (Å²) < 4.78 is 0. The number of unbranched alkanes of at least 4 members (excludes halogenated alkanes) is 1. The summed E-state index contributed by atoms with van der Waals surface area (Å²) in [5.74, 6) is 0.548. The third kappa shape index (κ3) is 3.03. The van der Waals surface area contributed by atoms with E-state index in [9.17, 15) is 0 Å². The number of nitrogen functional groups attached to an aromatic ring is 1. The zero-order valence-electron chi connectivity index (χ0n) is 8.03. The minimum absolute atomic E-state index is 0.105. The molecule has 0 amide bonds. The van der Waals surface area contributed by atoms with Gasteiger partial charge in [-0.05, 0) is 18.1 Å². The molecule has 3 heteroatoms. The maximum absolute atomic E-state index is 5.95. The minimum atomic E-state index is 0.105. The fraction of sp³-hybridized carbons (Fsp3) is 0.500. The summed E-state index contributed by atoms with van der Waals surface area (Å²) >= 11 is 0. The average molecular weight is 179 g/mol. The van der Waals surface area contributed by atoms with Crippen LogP contribution in [0, 0.1) is 0 Å². The molecule has 0 aliphatic carbocycles. The molecule has 4 N–H and O–H groups in total. The quantitative estimate of drug-likeness (QED) is 0.741. The van der Waals surface area contributed by atoms with Gasteiger partial charge in [0, 0.05) is 12.2 Å². The van der Waals surface area contributed by atoms with Gasteiger partial charge in [0.15, 0.2) is 0 Å². The first kappa shape index (κ1) is 9.99. The molecule has 72 valence electrons. The molecule has 1 aromatic heterocycles. The second-order valence-corrected chi connectivity index (χ2v) is 3.27. The Balaban J connectivity index is 2.55. The van der Waals surface area contributed by atoms with E-state index in [-0.39, 0.29) is 6.04 Å². The van der Waals surface area contributed by atoms with Gasteiger partial charge < -0.3 is 11.5 Å². The van der Waals surface area contributed by atoms with Crippen LogP contribution in [0.15, 0.2) is 18.3 Å². The average Bonchev–Trinajstić information content (AvgIpc) is 2.15. The molecule has 0 radical (unpaired) electrons. The molecule has 0 saturated carbocycles. The van der Waals surface area contributed by atoms with Crippen molar-refractivity contribution in [3.63, 3.8) is 0 Å². The van der Waals surface area contributed by atoms with Gasteiger partial charge in [-0.15, -0.1) is 0 Å². The van der Waals surface area contributed by atoms with Gasteiger partial charge in [0.1, 0.15) is 5.82 Å². The molecule has 0 fully saturated rings. The molecule has 0 aliphatic rings. The van der Waals surface area contributed by atoms with Gasteiger partial charge in [-0.3, -0.25) is 0 Å². The van der Waals surface area contributed by atoms with Crippen LogP contribution in [-0.4, -0.2) is 4.98 Å². The Morgan fingerprint density at radius 2 is 2.23 bits per heavy atom. The van der Waals surface area contributed by atoms with E-state index in [1.807, 2.05) is 6.07 Å². The Hall–Kier alpha value is -1.09. The minimum Gasteiger partial charge on any atom is -0.384 e. The second-order valence-electron chi connectivity index (χ2n) is 3.27. The van der Waals surface area contributed by atoms with Gasteiger partial charge in [-0.25, -0.2) is 4.98 Å². The van der Waals surface area contributed by atoms with Crippen LogP contribution in [0.5, 0.6) is 0 Å². The number of nitrogens with zero attached hydrogens (tertiary/aromatic N) is 1. The van der Waals surface area contributed by atoms with Crippen LogP contribution in [0.1, 0.15) is 37.8 Å². The first-order valence-corrected chi connectivity index (χ1v) is 4.71. The number of rotatable bonds is 4. The fourth-order valence-electron chi connectivity index (χ4n) is 1.23. The molecule has 1 aromatic rings. The van der Waals surface area contributed by atoms with E-state index in [0.717, 1.165) is 18.4 Å². The molecule has 1 unspecified atom stereocenters. The highest BCUT2D eigenvalue weighted by Crippen LogP contribution is 2.15. The van der Waals surface area contributed by atoms with E-state index in [1.54, 1.807) is 12.3 Å². The Bertz CT molecular complexity index is 243. The maximum atomic E-state index is 5.95. The Kier molecular flexibility index (Phi) is 3.71. The molecular weight excluding hydrogens is 162 g/mol. The maximum Gasteiger partial charge on any atom is 0.123 e. The number of aromatic nitrogens is 1. The van der Waals surface area contributed by atoms with Crippen molar-refractivity contribution in [1.82, 2.24) is 4.98 Å². The lowest BCUT2D eigenvalue weighted by Crippen LogP contribution is -2.10.